The first kappa shape index (κ1) is 12.7. The first-order valence-corrected chi connectivity index (χ1v) is 5.77. The molecule has 1 aromatic rings. The van der Waals surface area contributed by atoms with Crippen molar-refractivity contribution in [3.8, 4) is 6.07 Å². The van der Waals surface area contributed by atoms with Crippen molar-refractivity contribution in [1.29, 1.82) is 5.26 Å². The largest absolute Gasteiger partial charge is 0.418 e. The van der Waals surface area contributed by atoms with Crippen LogP contribution < -0.4 is 4.90 Å². The molecule has 96 valence electrons. The lowest BCUT2D eigenvalue weighted by Gasteiger charge is -2.27. The molecule has 1 aliphatic rings. The van der Waals surface area contributed by atoms with Crippen LogP contribution in [-0.2, 0) is 6.18 Å². The monoisotopic (exact) mass is 254 g/mol. The molecule has 0 amide bonds. The van der Waals surface area contributed by atoms with Gasteiger partial charge in [-0.25, -0.2) is 0 Å². The minimum Gasteiger partial charge on any atom is -0.367 e. The van der Waals surface area contributed by atoms with Gasteiger partial charge in [0.05, 0.1) is 17.6 Å². The molecule has 2 nitrogen and oxygen atoms in total. The van der Waals surface area contributed by atoms with Gasteiger partial charge in [-0.15, -0.1) is 0 Å². The van der Waals surface area contributed by atoms with Crippen LogP contribution in [0.3, 0.4) is 0 Å². The van der Waals surface area contributed by atoms with Crippen molar-refractivity contribution in [2.24, 2.45) is 5.92 Å². The molecule has 1 heterocycles. The number of hydrogen-bond acceptors (Lipinski definition) is 2. The molecule has 0 bridgehead atoms. The third-order valence-corrected chi connectivity index (χ3v) is 3.44. The molecule has 18 heavy (non-hydrogen) atoms. The van der Waals surface area contributed by atoms with Gasteiger partial charge in [-0.1, -0.05) is 12.1 Å². The Kier molecular flexibility index (Phi) is 3.20. The summed E-state index contributed by atoms with van der Waals surface area (Å²) in [7, 11) is 0. The quantitative estimate of drug-likeness (QED) is 0.767. The molecule has 0 spiro atoms. The lowest BCUT2D eigenvalue weighted by atomic mass is 10.0. The highest BCUT2D eigenvalue weighted by Gasteiger charge is 2.38. The summed E-state index contributed by atoms with van der Waals surface area (Å²) in [6, 6.07) is 7.50. The number of halogens is 3. The zero-order valence-corrected chi connectivity index (χ0v) is 9.91. The highest BCUT2D eigenvalue weighted by atomic mass is 19.4. The minimum atomic E-state index is -4.36. The van der Waals surface area contributed by atoms with Crippen molar-refractivity contribution < 1.29 is 13.2 Å². The summed E-state index contributed by atoms with van der Waals surface area (Å²) in [5.74, 6) is -0.203. The summed E-state index contributed by atoms with van der Waals surface area (Å²) in [5, 5.41) is 8.93. The molecule has 0 saturated carbocycles. The fourth-order valence-corrected chi connectivity index (χ4v) is 2.42. The second kappa shape index (κ2) is 4.52. The van der Waals surface area contributed by atoms with Gasteiger partial charge in [0.2, 0.25) is 0 Å². The van der Waals surface area contributed by atoms with Crippen LogP contribution in [0.1, 0.15) is 18.9 Å². The van der Waals surface area contributed by atoms with E-state index in [-0.39, 0.29) is 17.6 Å². The molecule has 0 radical (unpaired) electrons. The molecule has 0 aromatic heterocycles. The summed E-state index contributed by atoms with van der Waals surface area (Å²) in [6.07, 6.45) is -3.75. The average Bonchev–Trinajstić information content (AvgIpc) is 2.69. The Hall–Kier alpha value is -1.70. The summed E-state index contributed by atoms with van der Waals surface area (Å²) in [6.45, 7) is 2.29. The van der Waals surface area contributed by atoms with E-state index in [1.807, 2.05) is 0 Å². The number of nitrogens with zero attached hydrogens (tertiary/aromatic N) is 2. The summed E-state index contributed by atoms with van der Waals surface area (Å²) >= 11 is 0. The van der Waals surface area contributed by atoms with Crippen molar-refractivity contribution in [2.75, 3.05) is 11.4 Å². The van der Waals surface area contributed by atoms with E-state index in [1.54, 1.807) is 17.9 Å². The minimum absolute atomic E-state index is 0.176. The maximum atomic E-state index is 12.9. The predicted octanol–water partition coefficient (Wildman–Crippen LogP) is 3.44. The van der Waals surface area contributed by atoms with Gasteiger partial charge in [0.25, 0.3) is 0 Å². The van der Waals surface area contributed by atoms with Crippen molar-refractivity contribution in [2.45, 2.75) is 25.6 Å². The van der Waals surface area contributed by atoms with Crippen LogP contribution in [0.4, 0.5) is 18.9 Å². The fraction of sp³-hybridized carbons (Fsp3) is 0.462. The van der Waals surface area contributed by atoms with Crippen LogP contribution in [0.2, 0.25) is 0 Å². The molecule has 1 saturated heterocycles. The van der Waals surface area contributed by atoms with Crippen LogP contribution in [0.25, 0.3) is 0 Å². The lowest BCUT2D eigenvalue weighted by Crippen LogP contribution is -2.31. The van der Waals surface area contributed by atoms with E-state index in [2.05, 4.69) is 6.07 Å². The smallest absolute Gasteiger partial charge is 0.367 e. The molecule has 5 heteroatoms. The van der Waals surface area contributed by atoms with Crippen LogP contribution in [-0.4, -0.2) is 12.6 Å². The molecular formula is C13H13F3N2. The Balaban J connectivity index is 2.39. The van der Waals surface area contributed by atoms with E-state index in [1.165, 1.54) is 12.1 Å². The number of para-hydroxylation sites is 1. The third kappa shape index (κ3) is 2.15. The van der Waals surface area contributed by atoms with Crippen LogP contribution in [0, 0.1) is 17.2 Å². The highest BCUT2D eigenvalue weighted by molar-refractivity contribution is 5.56. The van der Waals surface area contributed by atoms with E-state index in [4.69, 9.17) is 5.26 Å². The van der Waals surface area contributed by atoms with Gasteiger partial charge in [-0.2, -0.15) is 18.4 Å². The Morgan fingerprint density at radius 1 is 1.33 bits per heavy atom. The van der Waals surface area contributed by atoms with Crippen LogP contribution in [0.15, 0.2) is 24.3 Å². The van der Waals surface area contributed by atoms with E-state index in [9.17, 15) is 13.2 Å². The van der Waals surface area contributed by atoms with E-state index in [0.29, 0.717) is 13.0 Å². The van der Waals surface area contributed by atoms with Crippen molar-refractivity contribution in [3.05, 3.63) is 29.8 Å². The van der Waals surface area contributed by atoms with E-state index < -0.39 is 11.7 Å². The second-order valence-electron chi connectivity index (χ2n) is 4.47. The standard InChI is InChI=1S/C13H13F3N2/c1-9-10(8-17)6-7-18(9)12-5-3-2-4-11(12)13(14,15)16/h2-5,9-10H,6-7H2,1H3. The number of hydrogen-bond donors (Lipinski definition) is 0. The van der Waals surface area contributed by atoms with Gasteiger partial charge >= 0.3 is 6.18 Å². The lowest BCUT2D eigenvalue weighted by molar-refractivity contribution is -0.137. The molecule has 0 N–H and O–H groups in total. The summed E-state index contributed by atoms with van der Waals surface area (Å²) in [5.41, 5.74) is -0.453. The van der Waals surface area contributed by atoms with E-state index >= 15 is 0 Å². The molecule has 1 aromatic carbocycles. The van der Waals surface area contributed by atoms with Crippen molar-refractivity contribution >= 4 is 5.69 Å². The molecule has 2 atom stereocenters. The normalized spacial score (nSPS) is 24.1. The van der Waals surface area contributed by atoms with Crippen LogP contribution in [0.5, 0.6) is 0 Å². The Bertz CT molecular complexity index is 476. The summed E-state index contributed by atoms with van der Waals surface area (Å²) in [4.78, 5) is 1.68. The Labute approximate surface area is 104 Å². The molecule has 2 rings (SSSR count). The number of rotatable bonds is 1. The first-order valence-electron chi connectivity index (χ1n) is 5.77. The molecule has 2 unspecified atom stereocenters. The first-order chi connectivity index (χ1) is 8.45. The Morgan fingerprint density at radius 2 is 2.00 bits per heavy atom. The Morgan fingerprint density at radius 3 is 2.56 bits per heavy atom. The highest BCUT2D eigenvalue weighted by Crippen LogP contribution is 2.39. The average molecular weight is 254 g/mol. The van der Waals surface area contributed by atoms with Gasteiger partial charge in [-0.3, -0.25) is 0 Å². The predicted molar refractivity (Wildman–Crippen MR) is 62.0 cm³/mol. The third-order valence-electron chi connectivity index (χ3n) is 3.44. The number of nitriles is 1. The van der Waals surface area contributed by atoms with Gasteiger partial charge in [-0.05, 0) is 25.5 Å². The number of alkyl halides is 3. The maximum Gasteiger partial charge on any atom is 0.418 e. The zero-order valence-electron chi connectivity index (χ0n) is 9.91. The molecule has 0 aliphatic carbocycles. The van der Waals surface area contributed by atoms with Crippen molar-refractivity contribution in [3.63, 3.8) is 0 Å². The summed E-state index contributed by atoms with van der Waals surface area (Å²) < 4.78 is 38.7. The number of benzene rings is 1. The number of anilines is 1. The van der Waals surface area contributed by atoms with Gasteiger partial charge in [0, 0.05) is 18.3 Å². The fourth-order valence-electron chi connectivity index (χ4n) is 2.42. The molecule has 1 fully saturated rings. The molecular weight excluding hydrogens is 241 g/mol. The van der Waals surface area contributed by atoms with Crippen molar-refractivity contribution in [1.82, 2.24) is 0 Å². The van der Waals surface area contributed by atoms with Crippen LogP contribution >= 0.6 is 0 Å². The maximum absolute atomic E-state index is 12.9. The van der Waals surface area contributed by atoms with E-state index in [0.717, 1.165) is 6.07 Å². The molecule has 1 aliphatic heterocycles. The SMILES string of the molecule is CC1C(C#N)CCN1c1ccccc1C(F)(F)F. The van der Waals surface area contributed by atoms with Gasteiger partial charge in [0.1, 0.15) is 0 Å². The topological polar surface area (TPSA) is 27.0 Å². The van der Waals surface area contributed by atoms with Gasteiger partial charge < -0.3 is 4.90 Å². The second-order valence-corrected chi connectivity index (χ2v) is 4.47. The van der Waals surface area contributed by atoms with Gasteiger partial charge in [0.15, 0.2) is 0 Å². The zero-order chi connectivity index (χ0) is 13.3.